The van der Waals surface area contributed by atoms with Crippen molar-refractivity contribution in [2.24, 2.45) is 0 Å². The smallest absolute Gasteiger partial charge is 0.345 e. The maximum absolute atomic E-state index is 12.8. The number of aryl methyl sites for hydroxylation is 2. The van der Waals surface area contributed by atoms with Crippen molar-refractivity contribution in [3.05, 3.63) is 94.5 Å². The van der Waals surface area contributed by atoms with Crippen LogP contribution in [0.15, 0.2) is 66.7 Å². The van der Waals surface area contributed by atoms with Crippen LogP contribution in [0.5, 0.6) is 11.5 Å². The zero-order chi connectivity index (χ0) is 20.4. The number of ketones is 1. The largest absolute Gasteiger partial charge is 0.452 e. The number of Topliss-reactive ketones (excluding diaryl/α,β-unsaturated/α-hetero) is 1. The van der Waals surface area contributed by atoms with Crippen molar-refractivity contribution in [3.63, 3.8) is 0 Å². The number of nitrogens with zero attached hydrogens (tertiary/aromatic N) is 1. The Morgan fingerprint density at radius 2 is 1.97 bits per heavy atom. The molecule has 0 spiro atoms. The molecule has 2 heterocycles. The van der Waals surface area contributed by atoms with Gasteiger partial charge in [-0.2, -0.15) is 0 Å². The number of pyridine rings is 1. The van der Waals surface area contributed by atoms with Crippen molar-refractivity contribution in [1.82, 2.24) is 4.98 Å². The minimum atomic E-state index is -0.520. The molecule has 0 amide bonds. The molecule has 0 saturated carbocycles. The van der Waals surface area contributed by atoms with Gasteiger partial charge in [0, 0.05) is 18.5 Å². The third-order valence-electron chi connectivity index (χ3n) is 4.74. The van der Waals surface area contributed by atoms with Gasteiger partial charge >= 0.3 is 5.97 Å². The summed E-state index contributed by atoms with van der Waals surface area (Å²) in [5, 5.41) is 0. The second-order valence-electron chi connectivity index (χ2n) is 6.78. The first-order chi connectivity index (χ1) is 14.0. The van der Waals surface area contributed by atoms with Crippen LogP contribution in [0.25, 0.3) is 6.08 Å². The van der Waals surface area contributed by atoms with Crippen LogP contribution in [0.4, 0.5) is 0 Å². The van der Waals surface area contributed by atoms with Gasteiger partial charge in [-0.05, 0) is 54.3 Å². The predicted octanol–water partition coefficient (Wildman–Crippen LogP) is 4.79. The number of esters is 1. The van der Waals surface area contributed by atoms with Crippen LogP contribution >= 0.6 is 0 Å². The van der Waals surface area contributed by atoms with Crippen molar-refractivity contribution < 1.29 is 19.1 Å². The minimum Gasteiger partial charge on any atom is -0.452 e. The SMILES string of the molecule is CCc1ccc(/C=C2\Oc3cc(OC(=O)c4cccnc4)cc(C)c3C2=O)cc1. The van der Waals surface area contributed by atoms with E-state index in [-0.39, 0.29) is 11.5 Å². The second-order valence-corrected chi connectivity index (χ2v) is 6.78. The molecule has 144 valence electrons. The molecule has 0 N–H and O–H groups in total. The number of carbonyl (C=O) groups is 2. The molecular formula is C24H19NO4. The molecule has 0 bridgehead atoms. The number of hydrogen-bond acceptors (Lipinski definition) is 5. The molecular weight excluding hydrogens is 366 g/mol. The predicted molar refractivity (Wildman–Crippen MR) is 109 cm³/mol. The number of aromatic nitrogens is 1. The molecule has 0 radical (unpaired) electrons. The lowest BCUT2D eigenvalue weighted by Gasteiger charge is -2.07. The zero-order valence-corrected chi connectivity index (χ0v) is 16.1. The fourth-order valence-corrected chi connectivity index (χ4v) is 3.19. The maximum Gasteiger partial charge on any atom is 0.345 e. The van der Waals surface area contributed by atoms with E-state index in [4.69, 9.17) is 9.47 Å². The van der Waals surface area contributed by atoms with Crippen LogP contribution in [0.2, 0.25) is 0 Å². The van der Waals surface area contributed by atoms with Crippen molar-refractivity contribution in [2.45, 2.75) is 20.3 Å². The van der Waals surface area contributed by atoms with Crippen LogP contribution in [-0.4, -0.2) is 16.7 Å². The highest BCUT2D eigenvalue weighted by Gasteiger charge is 2.30. The Kier molecular flexibility index (Phi) is 4.96. The molecule has 2 aromatic carbocycles. The number of rotatable bonds is 4. The van der Waals surface area contributed by atoms with Gasteiger partial charge in [-0.3, -0.25) is 9.78 Å². The van der Waals surface area contributed by atoms with E-state index < -0.39 is 5.97 Å². The highest BCUT2D eigenvalue weighted by atomic mass is 16.5. The summed E-state index contributed by atoms with van der Waals surface area (Å²) in [7, 11) is 0. The van der Waals surface area contributed by atoms with E-state index in [1.54, 1.807) is 43.5 Å². The molecule has 5 heteroatoms. The van der Waals surface area contributed by atoms with Crippen LogP contribution in [0.3, 0.4) is 0 Å². The van der Waals surface area contributed by atoms with E-state index in [9.17, 15) is 9.59 Å². The monoisotopic (exact) mass is 385 g/mol. The second kappa shape index (κ2) is 7.72. The first-order valence-electron chi connectivity index (χ1n) is 9.35. The Bertz CT molecular complexity index is 1120. The summed E-state index contributed by atoms with van der Waals surface area (Å²) in [6.45, 7) is 3.88. The average molecular weight is 385 g/mol. The van der Waals surface area contributed by atoms with Crippen LogP contribution in [-0.2, 0) is 6.42 Å². The van der Waals surface area contributed by atoms with Crippen molar-refractivity contribution >= 4 is 17.8 Å². The van der Waals surface area contributed by atoms with Gasteiger partial charge in [0.2, 0.25) is 5.78 Å². The van der Waals surface area contributed by atoms with Crippen LogP contribution in [0.1, 0.15) is 44.3 Å². The summed E-state index contributed by atoms with van der Waals surface area (Å²) < 4.78 is 11.2. The molecule has 1 aliphatic heterocycles. The van der Waals surface area contributed by atoms with Crippen molar-refractivity contribution in [1.29, 1.82) is 0 Å². The topological polar surface area (TPSA) is 65.5 Å². The molecule has 0 unspecified atom stereocenters. The van der Waals surface area contributed by atoms with E-state index in [0.29, 0.717) is 28.2 Å². The Balaban J connectivity index is 1.59. The molecule has 4 rings (SSSR count). The molecule has 0 aliphatic carbocycles. The highest BCUT2D eigenvalue weighted by Crippen LogP contribution is 2.37. The molecule has 1 aliphatic rings. The summed E-state index contributed by atoms with van der Waals surface area (Å²) >= 11 is 0. The van der Waals surface area contributed by atoms with Gasteiger partial charge in [0.25, 0.3) is 0 Å². The Morgan fingerprint density at radius 1 is 1.17 bits per heavy atom. The van der Waals surface area contributed by atoms with Gasteiger partial charge in [0.05, 0.1) is 11.1 Å². The fraction of sp³-hybridized carbons (Fsp3) is 0.125. The number of carbonyl (C=O) groups excluding carboxylic acids is 2. The summed E-state index contributed by atoms with van der Waals surface area (Å²) in [5.41, 5.74) is 3.64. The van der Waals surface area contributed by atoms with Gasteiger partial charge in [-0.25, -0.2) is 4.79 Å². The number of ether oxygens (including phenoxy) is 2. The number of fused-ring (bicyclic) bond motifs is 1. The summed E-state index contributed by atoms with van der Waals surface area (Å²) in [6, 6.07) is 14.5. The number of hydrogen-bond donors (Lipinski definition) is 0. The van der Waals surface area contributed by atoms with Gasteiger partial charge in [-0.15, -0.1) is 0 Å². The number of allylic oxidation sites excluding steroid dienone is 1. The normalized spacial score (nSPS) is 13.9. The molecule has 0 saturated heterocycles. The molecule has 0 fully saturated rings. The number of benzene rings is 2. The standard InChI is InChI=1S/C24H19NO4/c1-3-16-6-8-17(9-7-16)12-21-23(26)22-15(2)11-19(13-20(22)29-21)28-24(27)18-5-4-10-25-14-18/h4-14H,3H2,1-2H3/b21-12-. The molecule has 1 aromatic heterocycles. The zero-order valence-electron chi connectivity index (χ0n) is 16.1. The summed E-state index contributed by atoms with van der Waals surface area (Å²) in [5.74, 6) is 0.260. The van der Waals surface area contributed by atoms with E-state index in [1.165, 1.54) is 11.8 Å². The minimum absolute atomic E-state index is 0.179. The van der Waals surface area contributed by atoms with E-state index in [2.05, 4.69) is 11.9 Å². The van der Waals surface area contributed by atoms with E-state index >= 15 is 0 Å². The van der Waals surface area contributed by atoms with Gasteiger partial charge in [0.1, 0.15) is 11.5 Å². The Morgan fingerprint density at radius 3 is 2.66 bits per heavy atom. The van der Waals surface area contributed by atoms with E-state index in [0.717, 1.165) is 12.0 Å². The molecule has 5 nitrogen and oxygen atoms in total. The molecule has 0 atom stereocenters. The van der Waals surface area contributed by atoms with Crippen LogP contribution < -0.4 is 9.47 Å². The first kappa shape index (κ1) is 18.6. The fourth-order valence-electron chi connectivity index (χ4n) is 3.19. The Hall–Kier alpha value is -3.73. The Labute approximate surface area is 168 Å². The third-order valence-corrected chi connectivity index (χ3v) is 4.74. The highest BCUT2D eigenvalue weighted by molar-refractivity contribution is 6.15. The van der Waals surface area contributed by atoms with Gasteiger partial charge in [-0.1, -0.05) is 31.2 Å². The van der Waals surface area contributed by atoms with E-state index in [1.807, 2.05) is 24.3 Å². The lowest BCUT2D eigenvalue weighted by atomic mass is 10.0. The lowest BCUT2D eigenvalue weighted by molar-refractivity contribution is 0.0734. The van der Waals surface area contributed by atoms with Gasteiger partial charge < -0.3 is 9.47 Å². The van der Waals surface area contributed by atoms with Crippen molar-refractivity contribution in [3.8, 4) is 11.5 Å². The molecule has 3 aromatic rings. The lowest BCUT2D eigenvalue weighted by Crippen LogP contribution is -2.09. The summed E-state index contributed by atoms with van der Waals surface area (Å²) in [6.07, 6.45) is 5.70. The third kappa shape index (κ3) is 3.80. The molecule has 29 heavy (non-hydrogen) atoms. The first-order valence-corrected chi connectivity index (χ1v) is 9.35. The maximum atomic E-state index is 12.8. The van der Waals surface area contributed by atoms with Crippen LogP contribution in [0, 0.1) is 6.92 Å². The summed E-state index contributed by atoms with van der Waals surface area (Å²) in [4.78, 5) is 29.0. The quantitative estimate of drug-likeness (QED) is 0.367. The van der Waals surface area contributed by atoms with Crippen molar-refractivity contribution in [2.75, 3.05) is 0 Å². The van der Waals surface area contributed by atoms with Gasteiger partial charge in [0.15, 0.2) is 5.76 Å². The average Bonchev–Trinajstić information content (AvgIpc) is 3.04.